The molecule has 0 amide bonds. The monoisotopic (exact) mass is 289 g/mol. The average molecular weight is 289 g/mol. The number of rotatable bonds is 4. The van der Waals surface area contributed by atoms with E-state index in [9.17, 15) is 10.1 Å². The van der Waals surface area contributed by atoms with E-state index in [1.165, 1.54) is 6.20 Å². The first-order valence-corrected chi connectivity index (χ1v) is 7.06. The predicted molar refractivity (Wildman–Crippen MR) is 79.1 cm³/mol. The highest BCUT2D eigenvalue weighted by Gasteiger charge is 2.24. The molecule has 0 N–H and O–H groups in total. The van der Waals surface area contributed by atoms with Crippen molar-refractivity contribution in [3.63, 3.8) is 0 Å². The number of hydrogen-bond acceptors (Lipinski definition) is 6. The highest BCUT2D eigenvalue weighted by atomic mass is 16.6. The van der Waals surface area contributed by atoms with E-state index in [2.05, 4.69) is 20.9 Å². The highest BCUT2D eigenvalue weighted by molar-refractivity contribution is 5.50. The molecule has 112 valence electrons. The van der Waals surface area contributed by atoms with Crippen molar-refractivity contribution in [2.45, 2.75) is 26.3 Å². The Bertz CT molecular complexity index is 561. The number of nitro groups is 1. The summed E-state index contributed by atoms with van der Waals surface area (Å²) < 4.78 is 0. The van der Waals surface area contributed by atoms with Crippen molar-refractivity contribution in [2.24, 2.45) is 0 Å². The van der Waals surface area contributed by atoms with Gasteiger partial charge in [0.15, 0.2) is 0 Å². The molecule has 0 aliphatic carbocycles. The van der Waals surface area contributed by atoms with Gasteiger partial charge in [0.1, 0.15) is 12.0 Å². The van der Waals surface area contributed by atoms with Crippen LogP contribution in [0.25, 0.3) is 0 Å². The van der Waals surface area contributed by atoms with E-state index in [1.54, 1.807) is 6.07 Å². The number of hydrogen-bond donors (Lipinski definition) is 0. The first-order valence-electron chi connectivity index (χ1n) is 7.06. The number of nitriles is 1. The summed E-state index contributed by atoms with van der Waals surface area (Å²) in [5.74, 6) is 0.797. The summed E-state index contributed by atoms with van der Waals surface area (Å²) in [6.45, 7) is 7.04. The molecule has 1 fully saturated rings. The van der Waals surface area contributed by atoms with Gasteiger partial charge in [0.05, 0.1) is 17.0 Å². The van der Waals surface area contributed by atoms with E-state index in [-0.39, 0.29) is 11.7 Å². The van der Waals surface area contributed by atoms with Crippen LogP contribution in [0.2, 0.25) is 0 Å². The lowest BCUT2D eigenvalue weighted by atomic mass is 10.1. The number of aryl methyl sites for hydroxylation is 1. The predicted octanol–water partition coefficient (Wildman–Crippen LogP) is 1.72. The van der Waals surface area contributed by atoms with Crippen LogP contribution in [-0.2, 0) is 0 Å². The van der Waals surface area contributed by atoms with Crippen LogP contribution < -0.4 is 4.90 Å². The second-order valence-electron chi connectivity index (χ2n) is 5.17. The van der Waals surface area contributed by atoms with E-state index < -0.39 is 4.92 Å². The van der Waals surface area contributed by atoms with Crippen LogP contribution in [0.1, 0.15) is 18.9 Å². The molecule has 0 spiro atoms. The Morgan fingerprint density at radius 1 is 1.48 bits per heavy atom. The Labute approximate surface area is 123 Å². The van der Waals surface area contributed by atoms with Crippen LogP contribution in [0.15, 0.2) is 12.3 Å². The average Bonchev–Trinajstić information content (AvgIpc) is 2.49. The SMILES string of the molecule is CCC(C#N)N1CCN(c2ncc([N+](=O)[O-])cc2C)CC1. The lowest BCUT2D eigenvalue weighted by Crippen LogP contribution is -2.50. The Balaban J connectivity index is 2.06. The summed E-state index contributed by atoms with van der Waals surface area (Å²) in [5, 5.41) is 19.8. The third-order valence-electron chi connectivity index (χ3n) is 3.84. The maximum atomic E-state index is 10.7. The molecule has 1 atom stereocenters. The summed E-state index contributed by atoms with van der Waals surface area (Å²) in [4.78, 5) is 18.8. The lowest BCUT2D eigenvalue weighted by molar-refractivity contribution is -0.385. The number of anilines is 1. The topological polar surface area (TPSA) is 86.3 Å². The van der Waals surface area contributed by atoms with Gasteiger partial charge in [-0.3, -0.25) is 15.0 Å². The van der Waals surface area contributed by atoms with E-state index in [0.717, 1.165) is 44.0 Å². The van der Waals surface area contributed by atoms with Crippen molar-refractivity contribution >= 4 is 11.5 Å². The third kappa shape index (κ3) is 3.28. The Morgan fingerprint density at radius 3 is 2.62 bits per heavy atom. The van der Waals surface area contributed by atoms with Gasteiger partial charge in [-0.05, 0) is 18.9 Å². The van der Waals surface area contributed by atoms with Gasteiger partial charge in [0.2, 0.25) is 0 Å². The zero-order valence-corrected chi connectivity index (χ0v) is 12.3. The zero-order valence-electron chi connectivity index (χ0n) is 12.3. The third-order valence-corrected chi connectivity index (χ3v) is 3.84. The molecule has 1 unspecified atom stereocenters. The molecule has 0 saturated carbocycles. The van der Waals surface area contributed by atoms with E-state index >= 15 is 0 Å². The van der Waals surface area contributed by atoms with Gasteiger partial charge in [-0.25, -0.2) is 4.98 Å². The maximum Gasteiger partial charge on any atom is 0.287 e. The van der Waals surface area contributed by atoms with E-state index in [1.807, 2.05) is 13.8 Å². The number of nitrogens with zero attached hydrogens (tertiary/aromatic N) is 5. The summed E-state index contributed by atoms with van der Waals surface area (Å²) in [5.41, 5.74) is 0.829. The molecular formula is C14H19N5O2. The maximum absolute atomic E-state index is 10.7. The van der Waals surface area contributed by atoms with Gasteiger partial charge in [-0.2, -0.15) is 5.26 Å². The van der Waals surface area contributed by atoms with Gasteiger partial charge in [-0.1, -0.05) is 6.92 Å². The summed E-state index contributed by atoms with van der Waals surface area (Å²) in [6.07, 6.45) is 2.13. The smallest absolute Gasteiger partial charge is 0.287 e. The molecule has 0 radical (unpaired) electrons. The Morgan fingerprint density at radius 2 is 2.14 bits per heavy atom. The largest absolute Gasteiger partial charge is 0.354 e. The van der Waals surface area contributed by atoms with Crippen molar-refractivity contribution < 1.29 is 4.92 Å². The molecule has 21 heavy (non-hydrogen) atoms. The van der Waals surface area contributed by atoms with E-state index in [4.69, 9.17) is 5.26 Å². The van der Waals surface area contributed by atoms with Crippen LogP contribution in [0.5, 0.6) is 0 Å². The minimum atomic E-state index is -0.430. The normalized spacial score (nSPS) is 17.3. The molecule has 7 nitrogen and oxygen atoms in total. The fourth-order valence-corrected chi connectivity index (χ4v) is 2.66. The van der Waals surface area contributed by atoms with Crippen LogP contribution in [0.3, 0.4) is 0 Å². The van der Waals surface area contributed by atoms with Crippen LogP contribution in [0, 0.1) is 28.4 Å². The number of piperazine rings is 1. The number of aromatic nitrogens is 1. The van der Waals surface area contributed by atoms with Gasteiger partial charge < -0.3 is 4.90 Å². The first kappa shape index (κ1) is 15.2. The molecule has 1 saturated heterocycles. The zero-order chi connectivity index (χ0) is 15.4. The molecule has 1 aliphatic rings. The molecule has 0 aromatic carbocycles. The standard InChI is InChI=1S/C14H19N5O2/c1-3-12(9-15)17-4-6-18(7-5-17)14-11(2)8-13(10-16-14)19(20)21/h8,10,12H,3-7H2,1-2H3. The van der Waals surface area contributed by atoms with Crippen molar-refractivity contribution in [1.82, 2.24) is 9.88 Å². The van der Waals surface area contributed by atoms with Gasteiger partial charge in [-0.15, -0.1) is 0 Å². The molecular weight excluding hydrogens is 270 g/mol. The molecule has 7 heteroatoms. The minimum absolute atomic E-state index is 0.0189. The van der Waals surface area contributed by atoms with Crippen molar-refractivity contribution in [1.29, 1.82) is 5.26 Å². The molecule has 0 bridgehead atoms. The summed E-state index contributed by atoms with van der Waals surface area (Å²) in [6, 6.07) is 3.85. The molecule has 1 aliphatic heterocycles. The van der Waals surface area contributed by atoms with Crippen LogP contribution >= 0.6 is 0 Å². The van der Waals surface area contributed by atoms with Crippen molar-refractivity contribution in [3.8, 4) is 6.07 Å². The second kappa shape index (κ2) is 6.50. The van der Waals surface area contributed by atoms with Crippen molar-refractivity contribution in [3.05, 3.63) is 27.9 Å². The minimum Gasteiger partial charge on any atom is -0.354 e. The second-order valence-corrected chi connectivity index (χ2v) is 5.17. The lowest BCUT2D eigenvalue weighted by Gasteiger charge is -2.37. The molecule has 2 rings (SSSR count). The molecule has 1 aromatic rings. The molecule has 2 heterocycles. The summed E-state index contributed by atoms with van der Waals surface area (Å²) in [7, 11) is 0. The van der Waals surface area contributed by atoms with Gasteiger partial charge in [0.25, 0.3) is 5.69 Å². The Kier molecular flexibility index (Phi) is 4.70. The number of pyridine rings is 1. The fourth-order valence-electron chi connectivity index (χ4n) is 2.66. The first-order chi connectivity index (χ1) is 10.1. The summed E-state index contributed by atoms with van der Waals surface area (Å²) >= 11 is 0. The van der Waals surface area contributed by atoms with Crippen LogP contribution in [-0.4, -0.2) is 47.0 Å². The quantitative estimate of drug-likeness (QED) is 0.619. The van der Waals surface area contributed by atoms with Crippen molar-refractivity contribution in [2.75, 3.05) is 31.1 Å². The molecule has 1 aromatic heterocycles. The Hall–Kier alpha value is -2.20. The highest BCUT2D eigenvalue weighted by Crippen LogP contribution is 2.23. The van der Waals surface area contributed by atoms with E-state index in [0.29, 0.717) is 0 Å². The fraction of sp³-hybridized carbons (Fsp3) is 0.571. The van der Waals surface area contributed by atoms with Gasteiger partial charge in [0, 0.05) is 32.2 Å². The van der Waals surface area contributed by atoms with Gasteiger partial charge >= 0.3 is 0 Å². The van der Waals surface area contributed by atoms with Crippen LogP contribution in [0.4, 0.5) is 11.5 Å².